The standard InChI is InChI=1S/C13H28N2O/c1-4-15(8-9-16-5-2)11-12(3)10-14-13-6-7-13/h12-14H,4-11H2,1-3H3. The second-order valence-electron chi connectivity index (χ2n) is 4.88. The van der Waals surface area contributed by atoms with E-state index in [0.717, 1.165) is 44.8 Å². The summed E-state index contributed by atoms with van der Waals surface area (Å²) >= 11 is 0. The molecule has 1 fully saturated rings. The number of hydrogen-bond donors (Lipinski definition) is 1. The molecule has 0 radical (unpaired) electrons. The summed E-state index contributed by atoms with van der Waals surface area (Å²) in [4.78, 5) is 2.48. The van der Waals surface area contributed by atoms with E-state index >= 15 is 0 Å². The van der Waals surface area contributed by atoms with E-state index in [0.29, 0.717) is 0 Å². The van der Waals surface area contributed by atoms with Crippen molar-refractivity contribution in [2.75, 3.05) is 39.4 Å². The molecule has 1 N–H and O–H groups in total. The summed E-state index contributed by atoms with van der Waals surface area (Å²) in [6, 6.07) is 0.834. The van der Waals surface area contributed by atoms with Gasteiger partial charge in [-0.3, -0.25) is 0 Å². The van der Waals surface area contributed by atoms with E-state index in [1.54, 1.807) is 0 Å². The SMILES string of the molecule is CCOCCN(CC)CC(C)CNC1CC1. The minimum absolute atomic E-state index is 0.738. The van der Waals surface area contributed by atoms with E-state index in [1.165, 1.54) is 19.4 Å². The molecular formula is C13H28N2O. The number of rotatable bonds is 10. The molecule has 0 bridgehead atoms. The van der Waals surface area contributed by atoms with E-state index < -0.39 is 0 Å². The predicted molar refractivity (Wildman–Crippen MR) is 68.8 cm³/mol. The summed E-state index contributed by atoms with van der Waals surface area (Å²) in [5.41, 5.74) is 0. The lowest BCUT2D eigenvalue weighted by Crippen LogP contribution is -2.35. The van der Waals surface area contributed by atoms with Crippen molar-refractivity contribution in [2.24, 2.45) is 5.92 Å². The van der Waals surface area contributed by atoms with Gasteiger partial charge in [0.15, 0.2) is 0 Å². The highest BCUT2D eigenvalue weighted by atomic mass is 16.5. The van der Waals surface area contributed by atoms with Gasteiger partial charge in [-0.2, -0.15) is 0 Å². The fraction of sp³-hybridized carbons (Fsp3) is 1.00. The van der Waals surface area contributed by atoms with Gasteiger partial charge in [0.1, 0.15) is 0 Å². The Kier molecular flexibility index (Phi) is 7.01. The van der Waals surface area contributed by atoms with E-state index in [-0.39, 0.29) is 0 Å². The van der Waals surface area contributed by atoms with Crippen LogP contribution in [0.25, 0.3) is 0 Å². The monoisotopic (exact) mass is 228 g/mol. The van der Waals surface area contributed by atoms with Crippen LogP contribution in [-0.2, 0) is 4.74 Å². The van der Waals surface area contributed by atoms with Crippen molar-refractivity contribution >= 4 is 0 Å². The summed E-state index contributed by atoms with van der Waals surface area (Å²) in [5.74, 6) is 0.738. The highest BCUT2D eigenvalue weighted by Gasteiger charge is 2.21. The van der Waals surface area contributed by atoms with Crippen LogP contribution >= 0.6 is 0 Å². The molecule has 1 saturated carbocycles. The van der Waals surface area contributed by atoms with Gasteiger partial charge in [0, 0.05) is 25.7 Å². The predicted octanol–water partition coefficient (Wildman–Crippen LogP) is 1.73. The second-order valence-corrected chi connectivity index (χ2v) is 4.88. The smallest absolute Gasteiger partial charge is 0.0593 e. The quantitative estimate of drug-likeness (QED) is 0.576. The van der Waals surface area contributed by atoms with Crippen molar-refractivity contribution in [1.82, 2.24) is 10.2 Å². The van der Waals surface area contributed by atoms with Crippen LogP contribution in [0.2, 0.25) is 0 Å². The molecule has 0 amide bonds. The number of ether oxygens (including phenoxy) is 1. The fourth-order valence-corrected chi connectivity index (χ4v) is 1.88. The maximum Gasteiger partial charge on any atom is 0.0593 e. The molecule has 0 aromatic heterocycles. The van der Waals surface area contributed by atoms with Crippen LogP contribution in [0.15, 0.2) is 0 Å². The summed E-state index contributed by atoms with van der Waals surface area (Å²) in [6.07, 6.45) is 2.77. The topological polar surface area (TPSA) is 24.5 Å². The van der Waals surface area contributed by atoms with Gasteiger partial charge in [0.2, 0.25) is 0 Å². The molecule has 3 nitrogen and oxygen atoms in total. The third-order valence-corrected chi connectivity index (χ3v) is 3.11. The molecular weight excluding hydrogens is 200 g/mol. The van der Waals surface area contributed by atoms with Gasteiger partial charge in [-0.15, -0.1) is 0 Å². The fourth-order valence-electron chi connectivity index (χ4n) is 1.88. The molecule has 16 heavy (non-hydrogen) atoms. The lowest BCUT2D eigenvalue weighted by atomic mass is 10.1. The Morgan fingerprint density at radius 3 is 2.69 bits per heavy atom. The van der Waals surface area contributed by atoms with Crippen LogP contribution in [0.5, 0.6) is 0 Å². The lowest BCUT2D eigenvalue weighted by molar-refractivity contribution is 0.109. The Morgan fingerprint density at radius 1 is 1.38 bits per heavy atom. The molecule has 0 aliphatic heterocycles. The van der Waals surface area contributed by atoms with E-state index in [4.69, 9.17) is 4.74 Å². The molecule has 3 heteroatoms. The molecule has 0 aromatic carbocycles. The molecule has 0 spiro atoms. The summed E-state index contributed by atoms with van der Waals surface area (Å²) in [5, 5.41) is 3.60. The van der Waals surface area contributed by atoms with Gasteiger partial charge >= 0.3 is 0 Å². The molecule has 96 valence electrons. The largest absolute Gasteiger partial charge is 0.380 e. The van der Waals surface area contributed by atoms with Crippen LogP contribution in [0.4, 0.5) is 0 Å². The first-order valence-corrected chi connectivity index (χ1v) is 6.79. The first kappa shape index (κ1) is 13.9. The average Bonchev–Trinajstić information content (AvgIpc) is 3.09. The Morgan fingerprint density at radius 2 is 2.12 bits per heavy atom. The van der Waals surface area contributed by atoms with Gasteiger partial charge in [-0.1, -0.05) is 13.8 Å². The number of nitrogens with one attached hydrogen (secondary N) is 1. The van der Waals surface area contributed by atoms with Crippen molar-refractivity contribution in [3.8, 4) is 0 Å². The van der Waals surface area contributed by atoms with Gasteiger partial charge in [0.05, 0.1) is 6.61 Å². The lowest BCUT2D eigenvalue weighted by Gasteiger charge is -2.24. The van der Waals surface area contributed by atoms with Crippen LogP contribution in [0.3, 0.4) is 0 Å². The molecule has 0 heterocycles. The zero-order chi connectivity index (χ0) is 11.8. The molecule has 1 unspecified atom stereocenters. The van der Waals surface area contributed by atoms with Gasteiger partial charge < -0.3 is 15.0 Å². The van der Waals surface area contributed by atoms with Crippen LogP contribution in [-0.4, -0.2) is 50.3 Å². The van der Waals surface area contributed by atoms with E-state index in [9.17, 15) is 0 Å². The number of nitrogens with zero attached hydrogens (tertiary/aromatic N) is 1. The maximum absolute atomic E-state index is 5.40. The Bertz CT molecular complexity index is 171. The molecule has 1 atom stereocenters. The van der Waals surface area contributed by atoms with Crippen molar-refractivity contribution in [1.29, 1.82) is 0 Å². The Labute approximate surface area is 101 Å². The van der Waals surface area contributed by atoms with Crippen LogP contribution < -0.4 is 5.32 Å². The second kappa shape index (κ2) is 8.04. The molecule has 0 saturated heterocycles. The van der Waals surface area contributed by atoms with Crippen molar-refractivity contribution in [3.05, 3.63) is 0 Å². The highest BCUT2D eigenvalue weighted by molar-refractivity contribution is 4.81. The molecule has 1 aliphatic rings. The first-order chi connectivity index (χ1) is 7.76. The van der Waals surface area contributed by atoms with Crippen LogP contribution in [0, 0.1) is 5.92 Å². The minimum atomic E-state index is 0.738. The van der Waals surface area contributed by atoms with Crippen molar-refractivity contribution in [2.45, 2.75) is 39.7 Å². The third-order valence-electron chi connectivity index (χ3n) is 3.11. The summed E-state index contributed by atoms with van der Waals surface area (Å²) in [6.45, 7) is 12.9. The molecule has 1 rings (SSSR count). The van der Waals surface area contributed by atoms with E-state index in [2.05, 4.69) is 31.0 Å². The van der Waals surface area contributed by atoms with Gasteiger partial charge in [0.25, 0.3) is 0 Å². The van der Waals surface area contributed by atoms with Gasteiger partial charge in [-0.25, -0.2) is 0 Å². The molecule has 1 aliphatic carbocycles. The Balaban J connectivity index is 2.04. The minimum Gasteiger partial charge on any atom is -0.380 e. The zero-order valence-electron chi connectivity index (χ0n) is 11.2. The zero-order valence-corrected chi connectivity index (χ0v) is 11.2. The van der Waals surface area contributed by atoms with Crippen molar-refractivity contribution in [3.63, 3.8) is 0 Å². The molecule has 0 aromatic rings. The van der Waals surface area contributed by atoms with Crippen molar-refractivity contribution < 1.29 is 4.74 Å². The number of hydrogen-bond acceptors (Lipinski definition) is 3. The maximum atomic E-state index is 5.40. The average molecular weight is 228 g/mol. The summed E-state index contributed by atoms with van der Waals surface area (Å²) < 4.78 is 5.40. The highest BCUT2D eigenvalue weighted by Crippen LogP contribution is 2.18. The third kappa shape index (κ3) is 6.46. The van der Waals surface area contributed by atoms with Crippen LogP contribution in [0.1, 0.15) is 33.6 Å². The van der Waals surface area contributed by atoms with E-state index in [1.807, 2.05) is 0 Å². The first-order valence-electron chi connectivity index (χ1n) is 6.79. The van der Waals surface area contributed by atoms with Gasteiger partial charge in [-0.05, 0) is 38.8 Å². The Hall–Kier alpha value is -0.120. The number of likely N-dealkylation sites (N-methyl/N-ethyl adjacent to an activating group) is 1. The normalized spacial score (nSPS) is 18.0. The summed E-state index contributed by atoms with van der Waals surface area (Å²) in [7, 11) is 0.